The SMILES string of the molecule is CCN(CC)C(=O)N1CCCC(N(CCN2CCCCC2)C(C)=O)C1. The summed E-state index contributed by atoms with van der Waals surface area (Å²) in [5.41, 5.74) is 0. The largest absolute Gasteiger partial charge is 0.337 e. The molecule has 0 saturated carbocycles. The normalized spacial score (nSPS) is 21.9. The smallest absolute Gasteiger partial charge is 0.320 e. The third-order valence-corrected chi connectivity index (χ3v) is 5.65. The monoisotopic (exact) mass is 352 g/mol. The molecule has 6 heteroatoms. The van der Waals surface area contributed by atoms with E-state index < -0.39 is 0 Å². The summed E-state index contributed by atoms with van der Waals surface area (Å²) < 4.78 is 0. The van der Waals surface area contributed by atoms with Crippen molar-refractivity contribution in [2.75, 3.05) is 52.4 Å². The Labute approximate surface area is 153 Å². The Morgan fingerprint density at radius 3 is 2.28 bits per heavy atom. The fraction of sp³-hybridized carbons (Fsp3) is 0.895. The summed E-state index contributed by atoms with van der Waals surface area (Å²) in [6.07, 6.45) is 5.86. The predicted octanol–water partition coefficient (Wildman–Crippen LogP) is 2.25. The van der Waals surface area contributed by atoms with Gasteiger partial charge in [0.2, 0.25) is 5.91 Å². The number of amides is 3. The third kappa shape index (κ3) is 5.59. The van der Waals surface area contributed by atoms with E-state index in [0.29, 0.717) is 6.54 Å². The van der Waals surface area contributed by atoms with Gasteiger partial charge in [-0.1, -0.05) is 6.42 Å². The number of hydrogen-bond donors (Lipinski definition) is 0. The molecule has 1 unspecified atom stereocenters. The number of rotatable bonds is 6. The predicted molar refractivity (Wildman–Crippen MR) is 101 cm³/mol. The lowest BCUT2D eigenvalue weighted by Gasteiger charge is -2.41. The maximum Gasteiger partial charge on any atom is 0.320 e. The van der Waals surface area contributed by atoms with Gasteiger partial charge in [-0.05, 0) is 52.6 Å². The van der Waals surface area contributed by atoms with Crippen molar-refractivity contribution in [3.8, 4) is 0 Å². The van der Waals surface area contributed by atoms with Gasteiger partial charge in [0.15, 0.2) is 0 Å². The van der Waals surface area contributed by atoms with E-state index in [4.69, 9.17) is 0 Å². The lowest BCUT2D eigenvalue weighted by molar-refractivity contribution is -0.132. The molecule has 25 heavy (non-hydrogen) atoms. The Hall–Kier alpha value is -1.30. The van der Waals surface area contributed by atoms with Crippen LogP contribution in [0.1, 0.15) is 52.9 Å². The molecule has 1 atom stereocenters. The van der Waals surface area contributed by atoms with Crippen LogP contribution in [0.25, 0.3) is 0 Å². The molecular weight excluding hydrogens is 316 g/mol. The quantitative estimate of drug-likeness (QED) is 0.737. The molecule has 2 aliphatic heterocycles. The van der Waals surface area contributed by atoms with E-state index >= 15 is 0 Å². The van der Waals surface area contributed by atoms with Gasteiger partial charge < -0.3 is 19.6 Å². The van der Waals surface area contributed by atoms with Crippen molar-refractivity contribution in [1.29, 1.82) is 0 Å². The average Bonchev–Trinajstić information content (AvgIpc) is 2.63. The van der Waals surface area contributed by atoms with E-state index in [1.165, 1.54) is 19.3 Å². The van der Waals surface area contributed by atoms with Crippen molar-refractivity contribution in [1.82, 2.24) is 19.6 Å². The first kappa shape index (κ1) is 20.0. The maximum absolute atomic E-state index is 12.6. The van der Waals surface area contributed by atoms with Crippen molar-refractivity contribution in [3.05, 3.63) is 0 Å². The van der Waals surface area contributed by atoms with Gasteiger partial charge in [-0.25, -0.2) is 4.79 Å². The van der Waals surface area contributed by atoms with Crippen LogP contribution in [0.2, 0.25) is 0 Å². The minimum Gasteiger partial charge on any atom is -0.337 e. The zero-order valence-electron chi connectivity index (χ0n) is 16.4. The Balaban J connectivity index is 1.92. The molecule has 2 aliphatic rings. The van der Waals surface area contributed by atoms with Crippen LogP contribution in [0.3, 0.4) is 0 Å². The summed E-state index contributed by atoms with van der Waals surface area (Å²) in [7, 11) is 0. The molecular formula is C19H36N4O2. The molecule has 144 valence electrons. The van der Waals surface area contributed by atoms with Crippen LogP contribution in [0, 0.1) is 0 Å². The second-order valence-corrected chi connectivity index (χ2v) is 7.31. The second kappa shape index (κ2) is 10.00. The van der Waals surface area contributed by atoms with E-state index in [1.807, 2.05) is 28.5 Å². The van der Waals surface area contributed by atoms with Gasteiger partial charge in [0, 0.05) is 52.2 Å². The molecule has 0 aromatic rings. The number of carbonyl (C=O) groups excluding carboxylic acids is 2. The van der Waals surface area contributed by atoms with Gasteiger partial charge in [0.1, 0.15) is 0 Å². The van der Waals surface area contributed by atoms with Gasteiger partial charge in [0.25, 0.3) is 0 Å². The molecule has 3 amide bonds. The average molecular weight is 353 g/mol. The van der Waals surface area contributed by atoms with Crippen molar-refractivity contribution in [3.63, 3.8) is 0 Å². The summed E-state index contributed by atoms with van der Waals surface area (Å²) in [5.74, 6) is 0.138. The van der Waals surface area contributed by atoms with Gasteiger partial charge in [-0.3, -0.25) is 4.79 Å². The first-order chi connectivity index (χ1) is 12.1. The minimum atomic E-state index is 0.120. The minimum absolute atomic E-state index is 0.120. The summed E-state index contributed by atoms with van der Waals surface area (Å²) in [5, 5.41) is 0. The molecule has 0 aromatic heterocycles. The van der Waals surface area contributed by atoms with E-state index in [-0.39, 0.29) is 18.0 Å². The van der Waals surface area contributed by atoms with E-state index in [9.17, 15) is 9.59 Å². The van der Waals surface area contributed by atoms with Crippen LogP contribution in [0.5, 0.6) is 0 Å². The lowest BCUT2D eigenvalue weighted by atomic mass is 10.0. The number of likely N-dealkylation sites (tertiary alicyclic amines) is 2. The summed E-state index contributed by atoms with van der Waals surface area (Å²) in [6.45, 7) is 12.7. The Morgan fingerprint density at radius 2 is 1.68 bits per heavy atom. The first-order valence-electron chi connectivity index (χ1n) is 10.1. The van der Waals surface area contributed by atoms with Crippen LogP contribution in [0.15, 0.2) is 0 Å². The number of piperidine rings is 2. The third-order valence-electron chi connectivity index (χ3n) is 5.65. The zero-order valence-corrected chi connectivity index (χ0v) is 16.4. The van der Waals surface area contributed by atoms with Crippen LogP contribution in [-0.2, 0) is 4.79 Å². The number of hydrogen-bond acceptors (Lipinski definition) is 3. The van der Waals surface area contributed by atoms with E-state index in [0.717, 1.165) is 58.7 Å². The standard InChI is InChI=1S/C19H36N4O2/c1-4-21(5-2)19(25)22-13-9-10-18(16-22)23(17(3)24)15-14-20-11-7-6-8-12-20/h18H,4-16H2,1-3H3. The van der Waals surface area contributed by atoms with Crippen molar-refractivity contribution < 1.29 is 9.59 Å². The fourth-order valence-corrected chi connectivity index (χ4v) is 4.11. The number of nitrogens with zero attached hydrogens (tertiary/aromatic N) is 4. The van der Waals surface area contributed by atoms with Gasteiger partial charge in [0.05, 0.1) is 0 Å². The Kier molecular flexibility index (Phi) is 8.00. The van der Waals surface area contributed by atoms with Crippen LogP contribution in [0.4, 0.5) is 4.79 Å². The molecule has 0 radical (unpaired) electrons. The van der Waals surface area contributed by atoms with Crippen molar-refractivity contribution >= 4 is 11.9 Å². The van der Waals surface area contributed by atoms with Crippen LogP contribution < -0.4 is 0 Å². The molecule has 2 fully saturated rings. The summed E-state index contributed by atoms with van der Waals surface area (Å²) >= 11 is 0. The van der Waals surface area contributed by atoms with Gasteiger partial charge >= 0.3 is 6.03 Å². The Morgan fingerprint density at radius 1 is 1.00 bits per heavy atom. The molecule has 0 aromatic carbocycles. The fourth-order valence-electron chi connectivity index (χ4n) is 4.11. The topological polar surface area (TPSA) is 47.1 Å². The Bertz CT molecular complexity index is 433. The second-order valence-electron chi connectivity index (χ2n) is 7.31. The highest BCUT2D eigenvalue weighted by molar-refractivity contribution is 5.75. The molecule has 2 heterocycles. The number of urea groups is 1. The van der Waals surface area contributed by atoms with Crippen LogP contribution in [-0.4, -0.2) is 89.9 Å². The lowest BCUT2D eigenvalue weighted by Crippen LogP contribution is -2.55. The van der Waals surface area contributed by atoms with Crippen molar-refractivity contribution in [2.45, 2.75) is 58.9 Å². The summed E-state index contributed by atoms with van der Waals surface area (Å²) in [4.78, 5) is 33.2. The van der Waals surface area contributed by atoms with E-state index in [1.54, 1.807) is 6.92 Å². The molecule has 2 saturated heterocycles. The summed E-state index contributed by atoms with van der Waals surface area (Å²) in [6, 6.07) is 0.282. The molecule has 0 aliphatic carbocycles. The highest BCUT2D eigenvalue weighted by Crippen LogP contribution is 2.18. The highest BCUT2D eigenvalue weighted by Gasteiger charge is 2.30. The van der Waals surface area contributed by atoms with Gasteiger partial charge in [-0.2, -0.15) is 0 Å². The molecule has 0 spiro atoms. The highest BCUT2D eigenvalue weighted by atomic mass is 16.2. The number of carbonyl (C=O) groups is 2. The first-order valence-corrected chi connectivity index (χ1v) is 10.1. The van der Waals surface area contributed by atoms with Crippen molar-refractivity contribution in [2.24, 2.45) is 0 Å². The zero-order chi connectivity index (χ0) is 18.2. The molecule has 0 bridgehead atoms. The maximum atomic E-state index is 12.6. The van der Waals surface area contributed by atoms with Crippen LogP contribution >= 0.6 is 0 Å². The van der Waals surface area contributed by atoms with Gasteiger partial charge in [-0.15, -0.1) is 0 Å². The molecule has 0 N–H and O–H groups in total. The molecule has 6 nitrogen and oxygen atoms in total. The molecule has 2 rings (SSSR count). The van der Waals surface area contributed by atoms with E-state index in [2.05, 4.69) is 4.90 Å².